The summed E-state index contributed by atoms with van der Waals surface area (Å²) >= 11 is 0. The first-order valence-corrected chi connectivity index (χ1v) is 13.6. The van der Waals surface area contributed by atoms with E-state index in [2.05, 4.69) is 11.1 Å². The monoisotopic (exact) mass is 500 g/mol. The van der Waals surface area contributed by atoms with Crippen LogP contribution in [-0.4, -0.2) is 26.0 Å². The minimum atomic E-state index is -4.02. The van der Waals surface area contributed by atoms with Crippen molar-refractivity contribution in [3.05, 3.63) is 101 Å². The van der Waals surface area contributed by atoms with Crippen LogP contribution in [0.4, 0.5) is 5.82 Å². The standard InChI is InChI=1S/C29H28N2O4S/c1-3-35-29(32)22-15-17-24(18-16-22)36(33,34)31(27-14-8-11-21-9-4-7-13-26(21)27)28-20(2)25-12-6-5-10-23(25)19-30-28/h4-7,9-10,12-13,15-19,27H,3,8,11,14H2,1-2H3. The molecule has 0 radical (unpaired) electrons. The highest BCUT2D eigenvalue weighted by Crippen LogP contribution is 2.42. The van der Waals surface area contributed by atoms with Crippen LogP contribution in [-0.2, 0) is 21.2 Å². The van der Waals surface area contributed by atoms with Crippen molar-refractivity contribution in [1.82, 2.24) is 4.98 Å². The minimum absolute atomic E-state index is 0.105. The number of aryl methyl sites for hydroxylation is 2. The van der Waals surface area contributed by atoms with Gasteiger partial charge in [-0.2, -0.15) is 0 Å². The van der Waals surface area contributed by atoms with Crippen LogP contribution in [0.2, 0.25) is 0 Å². The molecule has 1 heterocycles. The second-order valence-electron chi connectivity index (χ2n) is 8.95. The SMILES string of the molecule is CCOC(=O)c1ccc(S(=O)(=O)N(c2ncc3ccccc3c2C)C2CCCc3ccccc32)cc1. The number of carbonyl (C=O) groups is 1. The number of rotatable bonds is 6. The predicted molar refractivity (Wildman–Crippen MR) is 141 cm³/mol. The normalized spacial score (nSPS) is 15.3. The molecular weight excluding hydrogens is 472 g/mol. The first kappa shape index (κ1) is 24.0. The van der Waals surface area contributed by atoms with E-state index in [1.54, 1.807) is 13.1 Å². The van der Waals surface area contributed by atoms with E-state index in [1.165, 1.54) is 28.6 Å². The van der Waals surface area contributed by atoms with Crippen molar-refractivity contribution in [2.45, 2.75) is 44.0 Å². The third kappa shape index (κ3) is 4.24. The van der Waals surface area contributed by atoms with Gasteiger partial charge in [0.2, 0.25) is 0 Å². The number of hydrogen-bond donors (Lipinski definition) is 0. The molecule has 0 saturated carbocycles. The van der Waals surface area contributed by atoms with Gasteiger partial charge in [-0.3, -0.25) is 0 Å². The van der Waals surface area contributed by atoms with Crippen molar-refractivity contribution in [3.8, 4) is 0 Å². The molecule has 36 heavy (non-hydrogen) atoms. The van der Waals surface area contributed by atoms with Crippen LogP contribution >= 0.6 is 0 Å². The Kier molecular flexibility index (Phi) is 6.49. The predicted octanol–water partition coefficient (Wildman–Crippen LogP) is 5.99. The third-order valence-corrected chi connectivity index (χ3v) is 8.59. The Morgan fingerprint density at radius 3 is 2.53 bits per heavy atom. The van der Waals surface area contributed by atoms with Gasteiger partial charge in [0.25, 0.3) is 10.0 Å². The molecule has 0 fully saturated rings. The fourth-order valence-corrected chi connectivity index (χ4v) is 6.69. The summed E-state index contributed by atoms with van der Waals surface area (Å²) in [6.45, 7) is 3.90. The molecular formula is C29H28N2O4S. The second-order valence-corrected chi connectivity index (χ2v) is 10.8. The van der Waals surface area contributed by atoms with Gasteiger partial charge in [0.1, 0.15) is 5.82 Å². The lowest BCUT2D eigenvalue weighted by molar-refractivity contribution is 0.0526. The van der Waals surface area contributed by atoms with Gasteiger partial charge in [0.05, 0.1) is 23.1 Å². The van der Waals surface area contributed by atoms with Crippen LogP contribution < -0.4 is 4.31 Å². The van der Waals surface area contributed by atoms with E-state index in [4.69, 9.17) is 4.74 Å². The Balaban J connectivity index is 1.68. The average molecular weight is 501 g/mol. The molecule has 7 heteroatoms. The van der Waals surface area contributed by atoms with E-state index in [-0.39, 0.29) is 11.5 Å². The van der Waals surface area contributed by atoms with E-state index < -0.39 is 22.0 Å². The lowest BCUT2D eigenvalue weighted by atomic mass is 9.87. The van der Waals surface area contributed by atoms with E-state index in [1.807, 2.05) is 49.4 Å². The van der Waals surface area contributed by atoms with Crippen LogP contribution in [0.1, 0.15) is 52.9 Å². The molecule has 0 aliphatic heterocycles. The molecule has 5 rings (SSSR count). The van der Waals surface area contributed by atoms with Gasteiger partial charge in [-0.05, 0) is 73.9 Å². The molecule has 1 aromatic heterocycles. The number of ether oxygens (including phenoxy) is 1. The van der Waals surface area contributed by atoms with Crippen molar-refractivity contribution in [2.24, 2.45) is 0 Å². The summed E-state index contributed by atoms with van der Waals surface area (Å²) in [6.07, 6.45) is 4.21. The fraction of sp³-hybridized carbons (Fsp3) is 0.241. The number of fused-ring (bicyclic) bond motifs is 2. The summed E-state index contributed by atoms with van der Waals surface area (Å²) in [4.78, 5) is 16.9. The van der Waals surface area contributed by atoms with Gasteiger partial charge in [0.15, 0.2) is 0 Å². The highest BCUT2D eigenvalue weighted by molar-refractivity contribution is 7.92. The Labute approximate surface area is 211 Å². The quantitative estimate of drug-likeness (QED) is 0.304. The molecule has 0 amide bonds. The number of esters is 1. The lowest BCUT2D eigenvalue weighted by Crippen LogP contribution is -2.38. The zero-order valence-electron chi connectivity index (χ0n) is 20.3. The van der Waals surface area contributed by atoms with Gasteiger partial charge in [-0.25, -0.2) is 22.5 Å². The number of sulfonamides is 1. The van der Waals surface area contributed by atoms with Crippen molar-refractivity contribution < 1.29 is 17.9 Å². The van der Waals surface area contributed by atoms with Gasteiger partial charge in [-0.15, -0.1) is 0 Å². The maximum absolute atomic E-state index is 14.3. The summed E-state index contributed by atoms with van der Waals surface area (Å²) in [6, 6.07) is 21.4. The fourth-order valence-electron chi connectivity index (χ4n) is 5.01. The summed E-state index contributed by atoms with van der Waals surface area (Å²) in [5.41, 5.74) is 3.28. The number of nitrogens with zero attached hydrogens (tertiary/aromatic N) is 2. The zero-order valence-corrected chi connectivity index (χ0v) is 21.2. The summed E-state index contributed by atoms with van der Waals surface area (Å²) in [7, 11) is -4.02. The smallest absolute Gasteiger partial charge is 0.338 e. The first-order valence-electron chi connectivity index (χ1n) is 12.2. The van der Waals surface area contributed by atoms with Crippen molar-refractivity contribution >= 4 is 32.6 Å². The Hall–Kier alpha value is -3.71. The molecule has 4 aromatic rings. The molecule has 0 saturated heterocycles. The number of carbonyl (C=O) groups excluding carboxylic acids is 1. The number of anilines is 1. The molecule has 6 nitrogen and oxygen atoms in total. The molecule has 0 N–H and O–H groups in total. The Morgan fingerprint density at radius 1 is 1.03 bits per heavy atom. The van der Waals surface area contributed by atoms with Crippen LogP contribution in [0.3, 0.4) is 0 Å². The van der Waals surface area contributed by atoms with Gasteiger partial charge < -0.3 is 4.74 Å². The molecule has 0 bridgehead atoms. The van der Waals surface area contributed by atoms with Gasteiger partial charge >= 0.3 is 5.97 Å². The molecule has 184 valence electrons. The van der Waals surface area contributed by atoms with E-state index in [0.717, 1.165) is 40.3 Å². The number of hydrogen-bond acceptors (Lipinski definition) is 5. The van der Waals surface area contributed by atoms with Gasteiger partial charge in [0, 0.05) is 17.1 Å². The lowest BCUT2D eigenvalue weighted by Gasteiger charge is -2.36. The van der Waals surface area contributed by atoms with Crippen LogP contribution in [0.5, 0.6) is 0 Å². The van der Waals surface area contributed by atoms with E-state index in [0.29, 0.717) is 17.8 Å². The molecule has 1 atom stereocenters. The molecule has 1 aliphatic carbocycles. The van der Waals surface area contributed by atoms with Crippen LogP contribution in [0.15, 0.2) is 83.9 Å². The van der Waals surface area contributed by atoms with Crippen molar-refractivity contribution in [1.29, 1.82) is 0 Å². The van der Waals surface area contributed by atoms with Crippen molar-refractivity contribution in [2.75, 3.05) is 10.9 Å². The minimum Gasteiger partial charge on any atom is -0.462 e. The summed E-state index contributed by atoms with van der Waals surface area (Å²) in [5, 5.41) is 1.92. The number of aromatic nitrogens is 1. The maximum atomic E-state index is 14.3. The number of benzene rings is 3. The largest absolute Gasteiger partial charge is 0.462 e. The average Bonchev–Trinajstić information content (AvgIpc) is 2.90. The highest BCUT2D eigenvalue weighted by atomic mass is 32.2. The first-order chi connectivity index (χ1) is 17.4. The Bertz CT molecular complexity index is 1530. The maximum Gasteiger partial charge on any atom is 0.338 e. The number of pyridine rings is 1. The van der Waals surface area contributed by atoms with E-state index in [9.17, 15) is 13.2 Å². The molecule has 1 unspecified atom stereocenters. The van der Waals surface area contributed by atoms with E-state index >= 15 is 0 Å². The molecule has 1 aliphatic rings. The zero-order chi connectivity index (χ0) is 25.3. The molecule has 0 spiro atoms. The molecule has 3 aromatic carbocycles. The second kappa shape index (κ2) is 9.74. The van der Waals surface area contributed by atoms with Gasteiger partial charge in [-0.1, -0.05) is 48.5 Å². The summed E-state index contributed by atoms with van der Waals surface area (Å²) in [5.74, 6) is -0.0589. The summed E-state index contributed by atoms with van der Waals surface area (Å²) < 4.78 is 35.2. The Morgan fingerprint density at radius 2 is 1.75 bits per heavy atom. The van der Waals surface area contributed by atoms with Crippen LogP contribution in [0, 0.1) is 6.92 Å². The van der Waals surface area contributed by atoms with Crippen LogP contribution in [0.25, 0.3) is 10.8 Å². The topological polar surface area (TPSA) is 76.6 Å². The third-order valence-electron chi connectivity index (χ3n) is 6.78. The highest BCUT2D eigenvalue weighted by Gasteiger charge is 2.37. The van der Waals surface area contributed by atoms with Crippen molar-refractivity contribution in [3.63, 3.8) is 0 Å².